The number of hydrogen-bond acceptors (Lipinski definition) is 6. The zero-order chi connectivity index (χ0) is 27.2. The third-order valence-electron chi connectivity index (χ3n) is 6.23. The van der Waals surface area contributed by atoms with Crippen molar-refractivity contribution in [3.63, 3.8) is 0 Å². The van der Waals surface area contributed by atoms with E-state index in [4.69, 9.17) is 5.26 Å². The molecule has 0 atom stereocenters. The summed E-state index contributed by atoms with van der Waals surface area (Å²) in [4.78, 5) is 33.3. The molecule has 1 amide bonds. The first kappa shape index (κ1) is 26.9. The van der Waals surface area contributed by atoms with E-state index in [2.05, 4.69) is 31.1 Å². The van der Waals surface area contributed by atoms with E-state index in [9.17, 15) is 14.0 Å². The molecule has 5 rings (SSSR count). The van der Waals surface area contributed by atoms with Gasteiger partial charge in [0.15, 0.2) is 0 Å². The number of nitrogens with one attached hydrogen (secondary N) is 1. The van der Waals surface area contributed by atoms with Crippen molar-refractivity contribution < 1.29 is 9.18 Å². The highest BCUT2D eigenvalue weighted by Crippen LogP contribution is 2.23. The van der Waals surface area contributed by atoms with E-state index in [0.29, 0.717) is 60.2 Å². The third kappa shape index (κ3) is 5.73. The molecule has 0 radical (unpaired) electrons. The Bertz CT molecular complexity index is 1560. The molecule has 0 aliphatic carbocycles. The van der Waals surface area contributed by atoms with E-state index < -0.39 is 5.82 Å². The number of anilines is 1. The van der Waals surface area contributed by atoms with Crippen LogP contribution in [0.15, 0.2) is 64.0 Å². The minimum atomic E-state index is -0.582. The van der Waals surface area contributed by atoms with Crippen molar-refractivity contribution in [2.24, 2.45) is 0 Å². The molecule has 4 aromatic rings. The summed E-state index contributed by atoms with van der Waals surface area (Å²) in [5.41, 5.74) is 1.54. The Morgan fingerprint density at radius 3 is 2.53 bits per heavy atom. The molecule has 2 aromatic carbocycles. The van der Waals surface area contributed by atoms with Crippen molar-refractivity contribution in [1.29, 1.82) is 5.26 Å². The van der Waals surface area contributed by atoms with Crippen LogP contribution in [-0.4, -0.2) is 52.2 Å². The summed E-state index contributed by atoms with van der Waals surface area (Å²) in [6, 6.07) is 15.3. The summed E-state index contributed by atoms with van der Waals surface area (Å²) in [6.45, 7) is 5.94. The van der Waals surface area contributed by atoms with Crippen LogP contribution in [0, 0.1) is 17.1 Å². The number of hydrogen-bond donors (Lipinski definition) is 1. The van der Waals surface area contributed by atoms with Crippen molar-refractivity contribution in [2.45, 2.75) is 20.3 Å². The quantitative estimate of drug-likeness (QED) is 0.378. The first-order chi connectivity index (χ1) is 18.4. The zero-order valence-corrected chi connectivity index (χ0v) is 22.6. The maximum absolute atomic E-state index is 14.7. The van der Waals surface area contributed by atoms with Gasteiger partial charge >= 0.3 is 0 Å². The van der Waals surface area contributed by atoms with Gasteiger partial charge in [-0.1, -0.05) is 35.8 Å². The fourth-order valence-corrected chi connectivity index (χ4v) is 4.68. The Kier molecular flexibility index (Phi) is 8.48. The number of aromatic nitrogens is 3. The number of nitrogens with zero attached hydrogens (tertiary/aromatic N) is 5. The topological polar surface area (TPSA) is 106 Å². The number of piperazine rings is 1. The number of rotatable bonds is 4. The molecule has 2 aromatic heterocycles. The van der Waals surface area contributed by atoms with Gasteiger partial charge in [-0.3, -0.25) is 9.59 Å². The standard InChI is InChI=1S/C26H20BrFN6O2.C2H6/c27-18-3-4-19-20(13-18)23(31-32-25(19)35)12-16-1-5-22(28)21(11-16)26(36)34-9-7-33(8-10-34)24-6-2-17(14-29)15-30-24;1-2/h1-6,11,13,15H,7-10,12H2,(H,32,35);1-2H3. The molecule has 10 heteroatoms. The number of carbonyl (C=O) groups excluding carboxylic acids is 1. The molecule has 1 saturated heterocycles. The number of carbonyl (C=O) groups is 1. The van der Waals surface area contributed by atoms with E-state index in [-0.39, 0.29) is 17.0 Å². The molecular weight excluding hydrogens is 551 g/mol. The highest BCUT2D eigenvalue weighted by Gasteiger charge is 2.25. The lowest BCUT2D eigenvalue weighted by Gasteiger charge is -2.35. The minimum absolute atomic E-state index is 0.00681. The first-order valence-electron chi connectivity index (χ1n) is 12.3. The molecule has 38 heavy (non-hydrogen) atoms. The smallest absolute Gasteiger partial charge is 0.272 e. The van der Waals surface area contributed by atoms with Gasteiger partial charge in [0.1, 0.15) is 17.7 Å². The van der Waals surface area contributed by atoms with Crippen molar-refractivity contribution in [3.05, 3.63) is 97.8 Å². The Balaban J connectivity index is 0.00000164. The second kappa shape index (κ2) is 12.0. The summed E-state index contributed by atoms with van der Waals surface area (Å²) in [5, 5.41) is 16.9. The van der Waals surface area contributed by atoms with Crippen LogP contribution in [0.4, 0.5) is 10.2 Å². The highest BCUT2D eigenvalue weighted by atomic mass is 79.9. The molecule has 0 bridgehead atoms. The van der Waals surface area contributed by atoms with Gasteiger partial charge < -0.3 is 9.80 Å². The maximum Gasteiger partial charge on any atom is 0.272 e. The van der Waals surface area contributed by atoms with Crippen LogP contribution in [-0.2, 0) is 6.42 Å². The number of pyridine rings is 1. The molecule has 3 heterocycles. The molecule has 1 N–H and O–H groups in total. The number of fused-ring (bicyclic) bond motifs is 1. The number of H-pyrrole nitrogens is 1. The number of nitriles is 1. The molecular formula is C28H26BrFN6O2. The Labute approximate surface area is 227 Å². The van der Waals surface area contributed by atoms with E-state index >= 15 is 0 Å². The predicted molar refractivity (Wildman–Crippen MR) is 148 cm³/mol. The summed E-state index contributed by atoms with van der Waals surface area (Å²) in [7, 11) is 0. The lowest BCUT2D eigenvalue weighted by atomic mass is 10.0. The van der Waals surface area contributed by atoms with Crippen LogP contribution in [0.2, 0.25) is 0 Å². The molecule has 194 valence electrons. The normalized spacial score (nSPS) is 13.0. The van der Waals surface area contributed by atoms with Crippen LogP contribution >= 0.6 is 15.9 Å². The van der Waals surface area contributed by atoms with Gasteiger partial charge in [0.25, 0.3) is 11.5 Å². The Morgan fingerprint density at radius 2 is 1.84 bits per heavy atom. The fourth-order valence-electron chi connectivity index (χ4n) is 4.31. The minimum Gasteiger partial charge on any atom is -0.353 e. The summed E-state index contributed by atoms with van der Waals surface area (Å²) >= 11 is 3.43. The van der Waals surface area contributed by atoms with Gasteiger partial charge in [-0.2, -0.15) is 10.4 Å². The van der Waals surface area contributed by atoms with Crippen molar-refractivity contribution in [3.8, 4) is 6.07 Å². The van der Waals surface area contributed by atoms with Crippen LogP contribution in [0.3, 0.4) is 0 Å². The molecule has 1 fully saturated rings. The molecule has 1 aliphatic rings. The summed E-state index contributed by atoms with van der Waals surface area (Å²) in [6.07, 6.45) is 1.84. The van der Waals surface area contributed by atoms with E-state index in [1.165, 1.54) is 12.3 Å². The number of halogens is 2. The second-order valence-electron chi connectivity index (χ2n) is 8.48. The fraction of sp³-hybridized carbons (Fsp3) is 0.250. The van der Waals surface area contributed by atoms with Crippen molar-refractivity contribution >= 4 is 38.4 Å². The van der Waals surface area contributed by atoms with Gasteiger partial charge in [-0.15, -0.1) is 0 Å². The summed E-state index contributed by atoms with van der Waals surface area (Å²) < 4.78 is 15.5. The van der Waals surface area contributed by atoms with E-state index in [1.807, 2.05) is 30.9 Å². The van der Waals surface area contributed by atoms with Crippen molar-refractivity contribution in [1.82, 2.24) is 20.1 Å². The van der Waals surface area contributed by atoms with Crippen LogP contribution in [0.25, 0.3) is 10.8 Å². The largest absolute Gasteiger partial charge is 0.353 e. The maximum atomic E-state index is 14.7. The zero-order valence-electron chi connectivity index (χ0n) is 21.0. The predicted octanol–water partition coefficient (Wildman–Crippen LogP) is 4.67. The first-order valence-corrected chi connectivity index (χ1v) is 13.1. The van der Waals surface area contributed by atoms with E-state index in [1.54, 1.807) is 41.3 Å². The second-order valence-corrected chi connectivity index (χ2v) is 9.39. The van der Waals surface area contributed by atoms with E-state index in [0.717, 1.165) is 10.3 Å². The van der Waals surface area contributed by atoms with Gasteiger partial charge in [-0.05, 0) is 48.0 Å². The molecule has 1 aliphatic heterocycles. The van der Waals surface area contributed by atoms with Crippen LogP contribution < -0.4 is 10.5 Å². The van der Waals surface area contributed by atoms with Gasteiger partial charge in [0.2, 0.25) is 0 Å². The Morgan fingerprint density at radius 1 is 1.08 bits per heavy atom. The molecule has 0 saturated carbocycles. The number of benzene rings is 2. The van der Waals surface area contributed by atoms with Crippen LogP contribution in [0.5, 0.6) is 0 Å². The van der Waals surface area contributed by atoms with Gasteiger partial charge in [0.05, 0.1) is 22.2 Å². The lowest BCUT2D eigenvalue weighted by molar-refractivity contribution is 0.0741. The highest BCUT2D eigenvalue weighted by molar-refractivity contribution is 9.10. The van der Waals surface area contributed by atoms with Crippen molar-refractivity contribution in [2.75, 3.05) is 31.1 Å². The summed E-state index contributed by atoms with van der Waals surface area (Å²) in [5.74, 6) is -0.215. The average Bonchev–Trinajstić information content (AvgIpc) is 2.96. The number of amides is 1. The van der Waals surface area contributed by atoms with Gasteiger partial charge in [0, 0.05) is 48.7 Å². The third-order valence-corrected chi connectivity index (χ3v) is 6.72. The number of aromatic amines is 1. The average molecular weight is 577 g/mol. The Hall–Kier alpha value is -4.10. The van der Waals surface area contributed by atoms with Crippen LogP contribution in [0.1, 0.15) is 41.0 Å². The SMILES string of the molecule is CC.N#Cc1ccc(N2CCN(C(=O)c3cc(Cc4n[nH]c(=O)c5ccc(Br)cc45)ccc3F)CC2)nc1. The molecule has 0 unspecified atom stereocenters. The molecule has 0 spiro atoms. The monoisotopic (exact) mass is 576 g/mol. The molecule has 8 nitrogen and oxygen atoms in total. The lowest BCUT2D eigenvalue weighted by Crippen LogP contribution is -2.49. The van der Waals surface area contributed by atoms with Gasteiger partial charge in [-0.25, -0.2) is 14.5 Å².